The van der Waals surface area contributed by atoms with E-state index in [0.717, 1.165) is 12.8 Å². The van der Waals surface area contributed by atoms with Crippen LogP contribution in [0.1, 0.15) is 77.6 Å². The van der Waals surface area contributed by atoms with Gasteiger partial charge in [0.25, 0.3) is 0 Å². The van der Waals surface area contributed by atoms with E-state index in [-0.39, 0.29) is 18.8 Å². The van der Waals surface area contributed by atoms with E-state index in [1.165, 1.54) is 44.9 Å². The van der Waals surface area contributed by atoms with Crippen molar-refractivity contribution in [2.24, 2.45) is 0 Å². The summed E-state index contributed by atoms with van der Waals surface area (Å²) in [5.41, 5.74) is 0. The van der Waals surface area contributed by atoms with Crippen LogP contribution in [0.5, 0.6) is 0 Å². The Morgan fingerprint density at radius 1 is 1.00 bits per heavy atom. The van der Waals surface area contributed by atoms with E-state index in [0.29, 0.717) is 12.8 Å². The Hall–Kier alpha value is -0.200. The first-order chi connectivity index (χ1) is 11.1. The molecule has 0 aromatic carbocycles. The summed E-state index contributed by atoms with van der Waals surface area (Å²) in [6.45, 7) is 2.02. The topological polar surface area (TPSA) is 93.0 Å². The standard InChI is InChI=1S/C18H37NO4/c1-2-3-4-5-6-7-8-9-10-15(21)11-14-12-17(22)18(23)16(13-20)19-14/h14-23H,2-13H2,1H3/t14-,15+,16+,17-,18-/m1/s1. The summed E-state index contributed by atoms with van der Waals surface area (Å²) in [7, 11) is 0. The Labute approximate surface area is 141 Å². The Balaban J connectivity index is 2.08. The number of nitrogens with one attached hydrogen (secondary N) is 1. The van der Waals surface area contributed by atoms with Gasteiger partial charge in [0.2, 0.25) is 0 Å². The van der Waals surface area contributed by atoms with Crippen molar-refractivity contribution in [3.05, 3.63) is 0 Å². The molecule has 1 fully saturated rings. The Kier molecular flexibility index (Phi) is 11.1. The number of hydrogen-bond donors (Lipinski definition) is 5. The lowest BCUT2D eigenvalue weighted by molar-refractivity contribution is -0.0559. The molecule has 0 saturated carbocycles. The Morgan fingerprint density at radius 3 is 2.22 bits per heavy atom. The fourth-order valence-electron chi connectivity index (χ4n) is 3.45. The van der Waals surface area contributed by atoms with Crippen LogP contribution in [0.2, 0.25) is 0 Å². The lowest BCUT2D eigenvalue weighted by atomic mass is 9.89. The number of aliphatic hydroxyl groups is 4. The van der Waals surface area contributed by atoms with E-state index < -0.39 is 18.2 Å². The molecule has 5 atom stereocenters. The van der Waals surface area contributed by atoms with Crippen molar-refractivity contribution in [3.8, 4) is 0 Å². The SMILES string of the molecule is CCCCCCCCCC[C@H](O)C[C@@H]1C[C@@H](O)[C@H](O)[C@H](CO)N1. The van der Waals surface area contributed by atoms with Crippen LogP contribution in [-0.4, -0.2) is 57.4 Å². The molecule has 1 heterocycles. The molecule has 23 heavy (non-hydrogen) atoms. The molecule has 0 aliphatic carbocycles. The van der Waals surface area contributed by atoms with Crippen LogP contribution in [0.25, 0.3) is 0 Å². The van der Waals surface area contributed by atoms with Crippen molar-refractivity contribution in [1.29, 1.82) is 0 Å². The third-order valence-corrected chi connectivity index (χ3v) is 4.93. The molecule has 138 valence electrons. The molecule has 1 aliphatic heterocycles. The van der Waals surface area contributed by atoms with Gasteiger partial charge in [-0.05, 0) is 19.3 Å². The third-order valence-electron chi connectivity index (χ3n) is 4.93. The van der Waals surface area contributed by atoms with Crippen molar-refractivity contribution in [3.63, 3.8) is 0 Å². The zero-order valence-electron chi connectivity index (χ0n) is 14.7. The number of hydrogen-bond acceptors (Lipinski definition) is 5. The van der Waals surface area contributed by atoms with Gasteiger partial charge in [0.1, 0.15) is 0 Å². The minimum atomic E-state index is -0.930. The molecule has 0 bridgehead atoms. The summed E-state index contributed by atoms with van der Waals surface area (Å²) in [4.78, 5) is 0. The normalized spacial score (nSPS) is 29.6. The van der Waals surface area contributed by atoms with Gasteiger partial charge in [-0.25, -0.2) is 0 Å². The van der Waals surface area contributed by atoms with E-state index >= 15 is 0 Å². The summed E-state index contributed by atoms with van der Waals surface area (Å²) in [6.07, 6.45) is 9.67. The van der Waals surface area contributed by atoms with E-state index in [9.17, 15) is 20.4 Å². The average molecular weight is 331 g/mol. The van der Waals surface area contributed by atoms with Crippen molar-refractivity contribution in [1.82, 2.24) is 5.32 Å². The minimum Gasteiger partial charge on any atom is -0.395 e. The van der Waals surface area contributed by atoms with Crippen LogP contribution >= 0.6 is 0 Å². The van der Waals surface area contributed by atoms with Gasteiger partial charge in [0, 0.05) is 6.04 Å². The molecule has 5 N–H and O–H groups in total. The molecule has 1 aliphatic rings. The maximum atomic E-state index is 10.1. The van der Waals surface area contributed by atoms with Crippen LogP contribution < -0.4 is 5.32 Å². The molecule has 0 amide bonds. The van der Waals surface area contributed by atoms with E-state index in [1.54, 1.807) is 0 Å². The predicted octanol–water partition coefficient (Wildman–Crippen LogP) is 1.71. The lowest BCUT2D eigenvalue weighted by Gasteiger charge is -2.38. The van der Waals surface area contributed by atoms with Crippen molar-refractivity contribution < 1.29 is 20.4 Å². The van der Waals surface area contributed by atoms with Gasteiger partial charge in [-0.3, -0.25) is 0 Å². The van der Waals surface area contributed by atoms with Crippen LogP contribution in [0.4, 0.5) is 0 Å². The summed E-state index contributed by atoms with van der Waals surface area (Å²) >= 11 is 0. The molecule has 0 aromatic heterocycles. The molecular formula is C18H37NO4. The predicted molar refractivity (Wildman–Crippen MR) is 92.3 cm³/mol. The highest BCUT2D eigenvalue weighted by Crippen LogP contribution is 2.20. The highest BCUT2D eigenvalue weighted by atomic mass is 16.3. The smallest absolute Gasteiger partial charge is 0.0974 e. The van der Waals surface area contributed by atoms with Gasteiger partial charge in [0.15, 0.2) is 0 Å². The molecule has 5 nitrogen and oxygen atoms in total. The highest BCUT2D eigenvalue weighted by Gasteiger charge is 2.35. The monoisotopic (exact) mass is 331 g/mol. The summed E-state index contributed by atoms with van der Waals surface area (Å²) in [5, 5.41) is 42.0. The van der Waals surface area contributed by atoms with Crippen LogP contribution in [-0.2, 0) is 0 Å². The van der Waals surface area contributed by atoms with Gasteiger partial charge in [0.05, 0.1) is 31.0 Å². The maximum absolute atomic E-state index is 10.1. The zero-order valence-corrected chi connectivity index (χ0v) is 14.7. The van der Waals surface area contributed by atoms with Crippen molar-refractivity contribution in [2.75, 3.05) is 6.61 Å². The van der Waals surface area contributed by atoms with Gasteiger partial charge in [-0.15, -0.1) is 0 Å². The zero-order chi connectivity index (χ0) is 17.1. The first-order valence-electron chi connectivity index (χ1n) is 9.49. The average Bonchev–Trinajstić information content (AvgIpc) is 2.53. The quantitative estimate of drug-likeness (QED) is 0.351. The fraction of sp³-hybridized carbons (Fsp3) is 1.00. The lowest BCUT2D eigenvalue weighted by Crippen LogP contribution is -2.59. The van der Waals surface area contributed by atoms with Crippen molar-refractivity contribution >= 4 is 0 Å². The molecule has 5 heteroatoms. The highest BCUT2D eigenvalue weighted by molar-refractivity contribution is 4.92. The van der Waals surface area contributed by atoms with E-state index in [2.05, 4.69) is 12.2 Å². The largest absolute Gasteiger partial charge is 0.395 e. The first-order valence-corrected chi connectivity index (χ1v) is 9.49. The molecular weight excluding hydrogens is 294 g/mol. The second-order valence-electron chi connectivity index (χ2n) is 7.10. The number of aliphatic hydroxyl groups excluding tert-OH is 4. The second-order valence-corrected chi connectivity index (χ2v) is 7.10. The first kappa shape index (κ1) is 20.8. The number of rotatable bonds is 12. The van der Waals surface area contributed by atoms with Crippen LogP contribution in [0, 0.1) is 0 Å². The Morgan fingerprint density at radius 2 is 1.61 bits per heavy atom. The van der Waals surface area contributed by atoms with Crippen molar-refractivity contribution in [2.45, 2.75) is 108 Å². The molecule has 0 unspecified atom stereocenters. The van der Waals surface area contributed by atoms with Gasteiger partial charge < -0.3 is 25.7 Å². The third kappa shape index (κ3) is 8.45. The minimum absolute atomic E-state index is 0.0467. The Bertz CT molecular complexity index is 290. The number of piperidine rings is 1. The van der Waals surface area contributed by atoms with Gasteiger partial charge in [-0.2, -0.15) is 0 Å². The van der Waals surface area contributed by atoms with Crippen LogP contribution in [0.3, 0.4) is 0 Å². The van der Waals surface area contributed by atoms with E-state index in [1.807, 2.05) is 0 Å². The van der Waals surface area contributed by atoms with Gasteiger partial charge >= 0.3 is 0 Å². The molecule has 0 aromatic rings. The number of unbranched alkanes of at least 4 members (excludes halogenated alkanes) is 7. The summed E-state index contributed by atoms with van der Waals surface area (Å²) in [5.74, 6) is 0. The maximum Gasteiger partial charge on any atom is 0.0974 e. The fourth-order valence-corrected chi connectivity index (χ4v) is 3.45. The molecule has 0 radical (unpaired) electrons. The van der Waals surface area contributed by atoms with E-state index in [4.69, 9.17) is 0 Å². The molecule has 1 rings (SSSR count). The molecule has 1 saturated heterocycles. The summed E-state index contributed by atoms with van der Waals surface area (Å²) in [6, 6.07) is -0.548. The summed E-state index contributed by atoms with van der Waals surface area (Å²) < 4.78 is 0. The second kappa shape index (κ2) is 12.2. The van der Waals surface area contributed by atoms with Gasteiger partial charge in [-0.1, -0.05) is 58.3 Å². The van der Waals surface area contributed by atoms with Crippen LogP contribution in [0.15, 0.2) is 0 Å². The molecule has 0 spiro atoms.